The first kappa shape index (κ1) is 10.6. The molecule has 1 fully saturated rings. The molecular formula is C10H18N4O. The maximum atomic E-state index is 4.71. The molecular weight excluding hydrogens is 192 g/mol. The Hall–Kier alpha value is -0.940. The summed E-state index contributed by atoms with van der Waals surface area (Å²) in [5.41, 5.74) is 0. The molecule has 1 aliphatic heterocycles. The fourth-order valence-corrected chi connectivity index (χ4v) is 2.05. The normalized spacial score (nSPS) is 22.7. The quantitative estimate of drug-likeness (QED) is 0.790. The van der Waals surface area contributed by atoms with Crippen molar-refractivity contribution >= 4 is 0 Å². The lowest BCUT2D eigenvalue weighted by Gasteiger charge is -2.16. The van der Waals surface area contributed by atoms with Gasteiger partial charge in [-0.25, -0.2) is 0 Å². The maximum Gasteiger partial charge on any atom is 0.213 e. The Morgan fingerprint density at radius 2 is 2.53 bits per heavy atom. The van der Waals surface area contributed by atoms with Crippen LogP contribution in [0.3, 0.4) is 0 Å². The monoisotopic (exact) mass is 210 g/mol. The van der Waals surface area contributed by atoms with Crippen molar-refractivity contribution in [1.82, 2.24) is 20.4 Å². The SMILES string of the molecule is CC(C)NC1CCN(Cc2ncon2)C1. The van der Waals surface area contributed by atoms with Gasteiger partial charge in [-0.1, -0.05) is 19.0 Å². The summed E-state index contributed by atoms with van der Waals surface area (Å²) in [6.45, 7) is 7.35. The Morgan fingerprint density at radius 1 is 1.67 bits per heavy atom. The van der Waals surface area contributed by atoms with Crippen LogP contribution in [0.1, 0.15) is 26.1 Å². The summed E-state index contributed by atoms with van der Waals surface area (Å²) in [6, 6.07) is 1.16. The molecule has 1 aliphatic rings. The van der Waals surface area contributed by atoms with Crippen LogP contribution >= 0.6 is 0 Å². The molecule has 0 spiro atoms. The number of nitrogens with zero attached hydrogens (tertiary/aromatic N) is 3. The summed E-state index contributed by atoms with van der Waals surface area (Å²) in [7, 11) is 0. The molecule has 0 amide bonds. The van der Waals surface area contributed by atoms with E-state index in [1.165, 1.54) is 12.8 Å². The fraction of sp³-hybridized carbons (Fsp3) is 0.800. The molecule has 0 saturated carbocycles. The van der Waals surface area contributed by atoms with Crippen LogP contribution in [0.15, 0.2) is 10.9 Å². The molecule has 2 rings (SSSR count). The maximum absolute atomic E-state index is 4.71. The van der Waals surface area contributed by atoms with E-state index in [-0.39, 0.29) is 0 Å². The highest BCUT2D eigenvalue weighted by Gasteiger charge is 2.23. The zero-order valence-electron chi connectivity index (χ0n) is 9.31. The van der Waals surface area contributed by atoms with E-state index in [1.54, 1.807) is 0 Å². The number of likely N-dealkylation sites (tertiary alicyclic amines) is 1. The Labute approximate surface area is 89.8 Å². The summed E-state index contributed by atoms with van der Waals surface area (Å²) in [6.07, 6.45) is 2.59. The average molecular weight is 210 g/mol. The van der Waals surface area contributed by atoms with Gasteiger partial charge in [-0.2, -0.15) is 4.98 Å². The number of aromatic nitrogens is 2. The summed E-state index contributed by atoms with van der Waals surface area (Å²) in [5, 5.41) is 7.36. The van der Waals surface area contributed by atoms with E-state index in [2.05, 4.69) is 34.2 Å². The van der Waals surface area contributed by atoms with Crippen LogP contribution in [0.25, 0.3) is 0 Å². The third kappa shape index (κ3) is 3.00. The minimum atomic E-state index is 0.556. The Morgan fingerprint density at radius 3 is 3.20 bits per heavy atom. The molecule has 0 radical (unpaired) electrons. The van der Waals surface area contributed by atoms with Crippen molar-refractivity contribution in [3.8, 4) is 0 Å². The molecule has 0 bridgehead atoms. The summed E-state index contributed by atoms with van der Waals surface area (Å²) in [5.74, 6) is 0.778. The van der Waals surface area contributed by atoms with Gasteiger partial charge in [-0.05, 0) is 6.42 Å². The van der Waals surface area contributed by atoms with Crippen LogP contribution in [0.4, 0.5) is 0 Å². The van der Waals surface area contributed by atoms with Crippen LogP contribution in [0, 0.1) is 0 Å². The zero-order valence-corrected chi connectivity index (χ0v) is 9.31. The lowest BCUT2D eigenvalue weighted by atomic mass is 10.2. The molecule has 1 aromatic rings. The van der Waals surface area contributed by atoms with E-state index in [0.717, 1.165) is 25.5 Å². The predicted octanol–water partition coefficient (Wildman–Crippen LogP) is 0.642. The first-order valence-electron chi connectivity index (χ1n) is 5.47. The fourth-order valence-electron chi connectivity index (χ4n) is 2.05. The minimum Gasteiger partial charge on any atom is -0.343 e. The minimum absolute atomic E-state index is 0.556. The highest BCUT2D eigenvalue weighted by atomic mass is 16.5. The van der Waals surface area contributed by atoms with Crippen molar-refractivity contribution in [3.05, 3.63) is 12.2 Å². The first-order chi connectivity index (χ1) is 7.24. The van der Waals surface area contributed by atoms with E-state index in [1.807, 2.05) is 0 Å². The van der Waals surface area contributed by atoms with Gasteiger partial charge >= 0.3 is 0 Å². The molecule has 15 heavy (non-hydrogen) atoms. The second-order valence-electron chi connectivity index (χ2n) is 4.39. The molecule has 1 atom stereocenters. The van der Waals surface area contributed by atoms with Gasteiger partial charge in [0.2, 0.25) is 6.39 Å². The number of hydrogen-bond acceptors (Lipinski definition) is 5. The molecule has 5 nitrogen and oxygen atoms in total. The van der Waals surface area contributed by atoms with Crippen LogP contribution in [0.2, 0.25) is 0 Å². The molecule has 1 unspecified atom stereocenters. The third-order valence-corrected chi connectivity index (χ3v) is 2.61. The molecule has 0 aromatic carbocycles. The van der Waals surface area contributed by atoms with Crippen LogP contribution in [0.5, 0.6) is 0 Å². The predicted molar refractivity (Wildman–Crippen MR) is 56.3 cm³/mol. The number of nitrogens with one attached hydrogen (secondary N) is 1. The van der Waals surface area contributed by atoms with Crippen LogP contribution in [-0.4, -0.2) is 40.2 Å². The van der Waals surface area contributed by atoms with Gasteiger partial charge in [0.1, 0.15) is 0 Å². The highest BCUT2D eigenvalue weighted by molar-refractivity contribution is 4.86. The largest absolute Gasteiger partial charge is 0.343 e. The molecule has 84 valence electrons. The molecule has 1 N–H and O–H groups in total. The molecule has 1 saturated heterocycles. The van der Waals surface area contributed by atoms with Crippen molar-refractivity contribution in [2.75, 3.05) is 13.1 Å². The second-order valence-corrected chi connectivity index (χ2v) is 4.39. The third-order valence-electron chi connectivity index (χ3n) is 2.61. The zero-order chi connectivity index (χ0) is 10.7. The lowest BCUT2D eigenvalue weighted by Crippen LogP contribution is -2.36. The van der Waals surface area contributed by atoms with Crippen molar-refractivity contribution < 1.29 is 4.52 Å². The van der Waals surface area contributed by atoms with Gasteiger partial charge in [0.15, 0.2) is 5.82 Å². The van der Waals surface area contributed by atoms with Gasteiger partial charge < -0.3 is 9.84 Å². The molecule has 5 heteroatoms. The van der Waals surface area contributed by atoms with Gasteiger partial charge in [0, 0.05) is 25.2 Å². The number of hydrogen-bond donors (Lipinski definition) is 1. The van der Waals surface area contributed by atoms with Crippen LogP contribution < -0.4 is 5.32 Å². The topological polar surface area (TPSA) is 54.2 Å². The van der Waals surface area contributed by atoms with Gasteiger partial charge in [-0.15, -0.1) is 0 Å². The van der Waals surface area contributed by atoms with E-state index in [0.29, 0.717) is 12.1 Å². The van der Waals surface area contributed by atoms with E-state index in [9.17, 15) is 0 Å². The second kappa shape index (κ2) is 4.72. The lowest BCUT2D eigenvalue weighted by molar-refractivity contribution is 0.300. The van der Waals surface area contributed by atoms with Crippen molar-refractivity contribution in [2.45, 2.75) is 38.9 Å². The molecule has 2 heterocycles. The Balaban J connectivity index is 1.78. The molecule has 1 aromatic heterocycles. The van der Waals surface area contributed by atoms with Crippen molar-refractivity contribution in [2.24, 2.45) is 0 Å². The van der Waals surface area contributed by atoms with Crippen LogP contribution in [-0.2, 0) is 6.54 Å². The smallest absolute Gasteiger partial charge is 0.213 e. The van der Waals surface area contributed by atoms with E-state index >= 15 is 0 Å². The first-order valence-corrected chi connectivity index (χ1v) is 5.47. The van der Waals surface area contributed by atoms with E-state index < -0.39 is 0 Å². The van der Waals surface area contributed by atoms with E-state index in [4.69, 9.17) is 4.52 Å². The summed E-state index contributed by atoms with van der Waals surface area (Å²) >= 11 is 0. The van der Waals surface area contributed by atoms with Crippen molar-refractivity contribution in [3.63, 3.8) is 0 Å². The standard InChI is InChI=1S/C10H18N4O/c1-8(2)12-9-3-4-14(5-9)6-10-11-7-15-13-10/h7-9,12H,3-6H2,1-2H3. The molecule has 0 aliphatic carbocycles. The van der Waals surface area contributed by atoms with Gasteiger partial charge in [0.25, 0.3) is 0 Å². The summed E-state index contributed by atoms with van der Waals surface area (Å²) in [4.78, 5) is 6.38. The highest BCUT2D eigenvalue weighted by Crippen LogP contribution is 2.11. The number of rotatable bonds is 4. The summed E-state index contributed by atoms with van der Waals surface area (Å²) < 4.78 is 4.71. The Bertz CT molecular complexity index is 286. The average Bonchev–Trinajstić information content (AvgIpc) is 2.77. The Kier molecular flexibility index (Phi) is 3.33. The van der Waals surface area contributed by atoms with Gasteiger partial charge in [0.05, 0.1) is 6.54 Å². The van der Waals surface area contributed by atoms with Gasteiger partial charge in [-0.3, -0.25) is 4.90 Å². The van der Waals surface area contributed by atoms with Crippen molar-refractivity contribution in [1.29, 1.82) is 0 Å².